The summed E-state index contributed by atoms with van der Waals surface area (Å²) in [6.07, 6.45) is 2.37. The van der Waals surface area contributed by atoms with Crippen LogP contribution in [0.15, 0.2) is 12.4 Å². The minimum atomic E-state index is -0.521. The van der Waals surface area contributed by atoms with Crippen molar-refractivity contribution in [2.75, 3.05) is 5.43 Å². The smallest absolute Gasteiger partial charge is 0.241 e. The molecule has 0 fully saturated rings. The summed E-state index contributed by atoms with van der Waals surface area (Å²) in [5.74, 6) is -0.552. The van der Waals surface area contributed by atoms with E-state index in [0.29, 0.717) is 6.42 Å². The lowest BCUT2D eigenvalue weighted by atomic mass is 10.5. The summed E-state index contributed by atoms with van der Waals surface area (Å²) in [5, 5.41) is 0. The van der Waals surface area contributed by atoms with Crippen molar-refractivity contribution >= 4 is 11.9 Å². The zero-order valence-electron chi connectivity index (χ0n) is 7.04. The lowest BCUT2D eigenvalue weighted by Gasteiger charge is -2.04. The molecule has 5 nitrogen and oxygen atoms in total. The minimum absolute atomic E-state index is 0.156. The molecule has 0 saturated carbocycles. The average Bonchev–Trinajstić information content (AvgIpc) is 2.16. The highest BCUT2D eigenvalue weighted by molar-refractivity contribution is 5.76. The molecule has 0 aromatic carbocycles. The van der Waals surface area contributed by atoms with E-state index in [0.717, 1.165) is 12.4 Å². The standard InChI is InChI=1S/C7H9FN4O/c1-2-6(13)11-12-7-9-3-5(8)4-10-7/h3-4H,2H2,1H3,(H,11,13)(H,9,10,12). The fourth-order valence-corrected chi connectivity index (χ4v) is 0.591. The first-order chi connectivity index (χ1) is 6.22. The zero-order valence-corrected chi connectivity index (χ0v) is 7.04. The van der Waals surface area contributed by atoms with E-state index in [-0.39, 0.29) is 11.9 Å². The lowest BCUT2D eigenvalue weighted by Crippen LogP contribution is -2.29. The van der Waals surface area contributed by atoms with Crippen LogP contribution in [0.25, 0.3) is 0 Å². The number of nitrogens with one attached hydrogen (secondary N) is 2. The maximum absolute atomic E-state index is 12.3. The van der Waals surface area contributed by atoms with Crippen LogP contribution in [0.1, 0.15) is 13.3 Å². The third-order valence-electron chi connectivity index (χ3n) is 1.26. The highest BCUT2D eigenvalue weighted by atomic mass is 19.1. The second-order valence-corrected chi connectivity index (χ2v) is 2.25. The van der Waals surface area contributed by atoms with Crippen LogP contribution in [0.3, 0.4) is 0 Å². The summed E-state index contributed by atoms with van der Waals surface area (Å²) in [7, 11) is 0. The predicted octanol–water partition coefficient (Wildman–Crippen LogP) is 0.469. The number of aromatic nitrogens is 2. The Morgan fingerprint density at radius 3 is 2.69 bits per heavy atom. The van der Waals surface area contributed by atoms with Gasteiger partial charge in [-0.3, -0.25) is 15.6 Å². The van der Waals surface area contributed by atoms with Crippen LogP contribution in [0, 0.1) is 5.82 Å². The van der Waals surface area contributed by atoms with Crippen molar-refractivity contribution in [1.82, 2.24) is 15.4 Å². The van der Waals surface area contributed by atoms with Crippen molar-refractivity contribution in [2.45, 2.75) is 13.3 Å². The third kappa shape index (κ3) is 3.02. The fourth-order valence-electron chi connectivity index (χ4n) is 0.591. The molecule has 0 unspecified atom stereocenters. The van der Waals surface area contributed by atoms with E-state index in [1.165, 1.54) is 0 Å². The average molecular weight is 184 g/mol. The third-order valence-corrected chi connectivity index (χ3v) is 1.26. The fraction of sp³-hybridized carbons (Fsp3) is 0.286. The molecule has 6 heteroatoms. The van der Waals surface area contributed by atoms with Gasteiger partial charge >= 0.3 is 0 Å². The number of halogens is 1. The molecule has 0 aliphatic carbocycles. The molecule has 1 heterocycles. The zero-order chi connectivity index (χ0) is 9.68. The number of carbonyl (C=O) groups is 1. The molecule has 70 valence electrons. The van der Waals surface area contributed by atoms with E-state index in [9.17, 15) is 9.18 Å². The maximum atomic E-state index is 12.3. The molecule has 1 aromatic heterocycles. The molecule has 0 saturated heterocycles. The Morgan fingerprint density at radius 2 is 2.15 bits per heavy atom. The Bertz CT molecular complexity index is 287. The summed E-state index contributed by atoms with van der Waals surface area (Å²) in [6.45, 7) is 1.71. The molecule has 0 atom stereocenters. The van der Waals surface area contributed by atoms with Crippen LogP contribution in [-0.4, -0.2) is 15.9 Å². The largest absolute Gasteiger partial charge is 0.273 e. The van der Waals surface area contributed by atoms with E-state index in [2.05, 4.69) is 20.8 Å². The van der Waals surface area contributed by atoms with Gasteiger partial charge in [0.15, 0.2) is 5.82 Å². The van der Waals surface area contributed by atoms with Crippen molar-refractivity contribution in [2.24, 2.45) is 0 Å². The van der Waals surface area contributed by atoms with Gasteiger partial charge in [0.05, 0.1) is 12.4 Å². The minimum Gasteiger partial charge on any atom is -0.273 e. The van der Waals surface area contributed by atoms with Gasteiger partial charge in [0.2, 0.25) is 11.9 Å². The van der Waals surface area contributed by atoms with E-state index in [4.69, 9.17) is 0 Å². The van der Waals surface area contributed by atoms with Gasteiger partial charge in [-0.05, 0) is 0 Å². The summed E-state index contributed by atoms with van der Waals surface area (Å²) in [4.78, 5) is 17.9. The predicted molar refractivity (Wildman–Crippen MR) is 44.0 cm³/mol. The van der Waals surface area contributed by atoms with E-state index in [1.807, 2.05) is 0 Å². The molecule has 0 radical (unpaired) electrons. The van der Waals surface area contributed by atoms with Crippen molar-refractivity contribution in [1.29, 1.82) is 0 Å². The van der Waals surface area contributed by atoms with Gasteiger partial charge in [0, 0.05) is 6.42 Å². The van der Waals surface area contributed by atoms with Crippen LogP contribution in [-0.2, 0) is 4.79 Å². The Kier molecular flexibility index (Phi) is 3.13. The van der Waals surface area contributed by atoms with Gasteiger partial charge in [-0.15, -0.1) is 0 Å². The second kappa shape index (κ2) is 4.34. The van der Waals surface area contributed by atoms with Crippen molar-refractivity contribution < 1.29 is 9.18 Å². The molecular formula is C7H9FN4O. The van der Waals surface area contributed by atoms with E-state index < -0.39 is 5.82 Å². The monoisotopic (exact) mass is 184 g/mol. The van der Waals surface area contributed by atoms with Crippen LogP contribution >= 0.6 is 0 Å². The van der Waals surface area contributed by atoms with Crippen molar-refractivity contribution in [3.05, 3.63) is 18.2 Å². The van der Waals surface area contributed by atoms with E-state index in [1.54, 1.807) is 6.92 Å². The normalized spacial score (nSPS) is 9.38. The number of hydrogen-bond donors (Lipinski definition) is 2. The molecule has 13 heavy (non-hydrogen) atoms. The van der Waals surface area contributed by atoms with Gasteiger partial charge in [-0.2, -0.15) is 0 Å². The summed E-state index contributed by atoms with van der Waals surface area (Å²) in [6, 6.07) is 0. The van der Waals surface area contributed by atoms with Gasteiger partial charge in [-0.25, -0.2) is 14.4 Å². The summed E-state index contributed by atoms with van der Waals surface area (Å²) < 4.78 is 12.3. The van der Waals surface area contributed by atoms with Crippen LogP contribution in [0.5, 0.6) is 0 Å². The molecular weight excluding hydrogens is 175 g/mol. The molecule has 0 aliphatic rings. The Morgan fingerprint density at radius 1 is 1.54 bits per heavy atom. The number of rotatable bonds is 3. The highest BCUT2D eigenvalue weighted by Crippen LogP contribution is 1.95. The molecule has 2 N–H and O–H groups in total. The van der Waals surface area contributed by atoms with Gasteiger partial charge in [0.25, 0.3) is 0 Å². The Balaban J connectivity index is 2.46. The van der Waals surface area contributed by atoms with Crippen molar-refractivity contribution in [3.8, 4) is 0 Å². The number of hydrogen-bond acceptors (Lipinski definition) is 4. The first kappa shape index (κ1) is 9.37. The molecule has 1 aromatic rings. The van der Waals surface area contributed by atoms with Crippen molar-refractivity contribution in [3.63, 3.8) is 0 Å². The number of amides is 1. The molecule has 1 amide bonds. The molecule has 0 bridgehead atoms. The Labute approximate surface area is 74.4 Å². The van der Waals surface area contributed by atoms with Crippen LogP contribution in [0.2, 0.25) is 0 Å². The number of carbonyl (C=O) groups excluding carboxylic acids is 1. The highest BCUT2D eigenvalue weighted by Gasteiger charge is 1.98. The summed E-state index contributed by atoms with van der Waals surface area (Å²) in [5.41, 5.74) is 4.77. The number of nitrogens with zero attached hydrogens (tertiary/aromatic N) is 2. The molecule has 1 rings (SSSR count). The maximum Gasteiger partial charge on any atom is 0.241 e. The molecule has 0 aliphatic heterocycles. The number of hydrazine groups is 1. The first-order valence-electron chi connectivity index (χ1n) is 3.74. The summed E-state index contributed by atoms with van der Waals surface area (Å²) >= 11 is 0. The first-order valence-corrected chi connectivity index (χ1v) is 3.74. The Hall–Kier alpha value is -1.72. The van der Waals surface area contributed by atoms with Gasteiger partial charge in [0.1, 0.15) is 0 Å². The van der Waals surface area contributed by atoms with Crippen LogP contribution in [0.4, 0.5) is 10.3 Å². The quantitative estimate of drug-likeness (QED) is 0.670. The van der Waals surface area contributed by atoms with Crippen LogP contribution < -0.4 is 10.9 Å². The van der Waals surface area contributed by atoms with E-state index >= 15 is 0 Å². The molecule has 0 spiro atoms. The van der Waals surface area contributed by atoms with Gasteiger partial charge in [-0.1, -0.05) is 6.92 Å². The SMILES string of the molecule is CCC(=O)NNc1ncc(F)cn1. The topological polar surface area (TPSA) is 66.9 Å². The number of anilines is 1. The lowest BCUT2D eigenvalue weighted by molar-refractivity contribution is -0.120. The second-order valence-electron chi connectivity index (χ2n) is 2.25. The van der Waals surface area contributed by atoms with Gasteiger partial charge < -0.3 is 0 Å².